The van der Waals surface area contributed by atoms with Gasteiger partial charge in [0.05, 0.1) is 0 Å². The maximum atomic E-state index is 13.1. The number of aliphatic carboxylic acids is 1. The molecule has 2 aromatic rings. The molecule has 1 unspecified atom stereocenters. The van der Waals surface area contributed by atoms with E-state index in [9.17, 15) is 19.5 Å². The molecule has 1 heterocycles. The number of carboxylic acid groups (broad SMARTS) is 1. The van der Waals surface area contributed by atoms with Gasteiger partial charge < -0.3 is 20.1 Å². The zero-order chi connectivity index (χ0) is 24.7. The smallest absolute Gasteiger partial charge is 0.407 e. The second-order valence-electron chi connectivity index (χ2n) is 10.7. The fourth-order valence-corrected chi connectivity index (χ4v) is 6.18. The molecule has 7 nitrogen and oxygen atoms in total. The van der Waals surface area contributed by atoms with Crippen LogP contribution in [0, 0.1) is 11.3 Å². The highest BCUT2D eigenvalue weighted by molar-refractivity contribution is 5.86. The van der Waals surface area contributed by atoms with Gasteiger partial charge in [0.15, 0.2) is 0 Å². The Labute approximate surface area is 205 Å². The molecule has 2 aliphatic carbocycles. The molecule has 0 spiro atoms. The van der Waals surface area contributed by atoms with Crippen LogP contribution in [-0.4, -0.2) is 53.2 Å². The largest absolute Gasteiger partial charge is 0.480 e. The van der Waals surface area contributed by atoms with Gasteiger partial charge >= 0.3 is 12.1 Å². The molecule has 2 amide bonds. The van der Waals surface area contributed by atoms with E-state index in [0.717, 1.165) is 11.1 Å². The molecule has 1 saturated heterocycles. The predicted octanol–water partition coefficient (Wildman–Crippen LogP) is 4.41. The van der Waals surface area contributed by atoms with Crippen molar-refractivity contribution >= 4 is 18.0 Å². The van der Waals surface area contributed by atoms with E-state index in [0.29, 0.717) is 32.2 Å². The minimum Gasteiger partial charge on any atom is -0.480 e. The van der Waals surface area contributed by atoms with Gasteiger partial charge in [-0.3, -0.25) is 4.79 Å². The number of hydrogen-bond acceptors (Lipinski definition) is 4. The second-order valence-corrected chi connectivity index (χ2v) is 10.7. The number of carbonyl (C=O) groups is 3. The fourth-order valence-electron chi connectivity index (χ4n) is 6.18. The topological polar surface area (TPSA) is 95.9 Å². The van der Waals surface area contributed by atoms with Crippen LogP contribution in [0.2, 0.25) is 0 Å². The number of benzene rings is 2. The van der Waals surface area contributed by atoms with Gasteiger partial charge in [0.2, 0.25) is 5.91 Å². The molecule has 3 aliphatic rings. The summed E-state index contributed by atoms with van der Waals surface area (Å²) in [4.78, 5) is 39.1. The molecule has 0 aromatic heterocycles. The van der Waals surface area contributed by atoms with Crippen LogP contribution in [-0.2, 0) is 14.3 Å². The van der Waals surface area contributed by atoms with E-state index in [4.69, 9.17) is 4.74 Å². The first-order chi connectivity index (χ1) is 16.8. The quantitative estimate of drug-likeness (QED) is 0.667. The average Bonchev–Trinajstić information content (AvgIpc) is 3.51. The highest BCUT2D eigenvalue weighted by Crippen LogP contribution is 2.44. The highest BCUT2D eigenvalue weighted by Gasteiger charge is 2.49. The van der Waals surface area contributed by atoms with Gasteiger partial charge in [-0.2, -0.15) is 0 Å². The van der Waals surface area contributed by atoms with Crippen LogP contribution in [0.15, 0.2) is 48.5 Å². The van der Waals surface area contributed by atoms with E-state index in [-0.39, 0.29) is 30.4 Å². The number of ether oxygens (including phenoxy) is 1. The Bertz CT molecular complexity index is 1110. The minimum atomic E-state index is -0.952. The number of nitrogens with one attached hydrogen (secondary N) is 1. The lowest BCUT2D eigenvalue weighted by Crippen LogP contribution is -2.48. The van der Waals surface area contributed by atoms with Gasteiger partial charge in [0.25, 0.3) is 0 Å². The lowest BCUT2D eigenvalue weighted by molar-refractivity contribution is -0.152. The van der Waals surface area contributed by atoms with E-state index in [1.165, 1.54) is 16.0 Å². The number of likely N-dealkylation sites (tertiary alicyclic amines) is 1. The van der Waals surface area contributed by atoms with Crippen molar-refractivity contribution < 1.29 is 24.2 Å². The number of amides is 2. The standard InChI is InChI=1S/C28H32N2O5/c1-28(2)13-14-30(24(28)26(32)33)25(31)17-11-12-18(15-17)29-27(34)35-16-23-21-9-5-3-7-19(21)20-8-4-6-10-22(20)23/h3-10,17-18,23-24H,11-16H2,1-2H3,(H,29,34)(H,32,33)/t17-,18+,24?/m0/s1. The Balaban J connectivity index is 1.17. The lowest BCUT2D eigenvalue weighted by atomic mass is 9.84. The molecule has 1 saturated carbocycles. The van der Waals surface area contributed by atoms with Crippen LogP contribution >= 0.6 is 0 Å². The summed E-state index contributed by atoms with van der Waals surface area (Å²) in [6.07, 6.45) is 2.01. The predicted molar refractivity (Wildman–Crippen MR) is 131 cm³/mol. The summed E-state index contributed by atoms with van der Waals surface area (Å²) < 4.78 is 5.65. The van der Waals surface area contributed by atoms with Crippen molar-refractivity contribution in [1.29, 1.82) is 0 Å². The van der Waals surface area contributed by atoms with Gasteiger partial charge in [0, 0.05) is 24.4 Å². The van der Waals surface area contributed by atoms with Gasteiger partial charge in [0.1, 0.15) is 12.6 Å². The second kappa shape index (κ2) is 9.02. The number of carboxylic acids is 1. The molecular formula is C28H32N2O5. The molecule has 35 heavy (non-hydrogen) atoms. The van der Waals surface area contributed by atoms with Crippen molar-refractivity contribution in [2.45, 2.75) is 57.5 Å². The molecule has 7 heteroatoms. The van der Waals surface area contributed by atoms with Crippen molar-refractivity contribution in [3.8, 4) is 11.1 Å². The van der Waals surface area contributed by atoms with Gasteiger partial charge in [-0.25, -0.2) is 9.59 Å². The number of hydrogen-bond donors (Lipinski definition) is 2. The fraction of sp³-hybridized carbons (Fsp3) is 0.464. The lowest BCUT2D eigenvalue weighted by Gasteiger charge is -2.30. The summed E-state index contributed by atoms with van der Waals surface area (Å²) >= 11 is 0. The molecule has 3 atom stereocenters. The van der Waals surface area contributed by atoms with Gasteiger partial charge in [-0.1, -0.05) is 62.4 Å². The third kappa shape index (κ3) is 4.28. The van der Waals surface area contributed by atoms with E-state index in [2.05, 4.69) is 29.6 Å². The SMILES string of the molecule is CC1(C)CCN(C(=O)[C@H]2CC[C@@H](NC(=O)OCC3c4ccccc4-c4ccccc43)C2)C1C(=O)O. The van der Waals surface area contributed by atoms with Crippen LogP contribution < -0.4 is 5.32 Å². The van der Waals surface area contributed by atoms with Crippen LogP contribution in [0.4, 0.5) is 4.79 Å². The summed E-state index contributed by atoms with van der Waals surface area (Å²) in [5.74, 6) is -1.34. The summed E-state index contributed by atoms with van der Waals surface area (Å²) in [6, 6.07) is 15.4. The molecule has 2 N–H and O–H groups in total. The Hall–Kier alpha value is -3.35. The molecule has 184 valence electrons. The first-order valence-corrected chi connectivity index (χ1v) is 12.4. The van der Waals surface area contributed by atoms with Crippen molar-refractivity contribution in [3.05, 3.63) is 59.7 Å². The van der Waals surface area contributed by atoms with E-state index in [1.54, 1.807) is 0 Å². The Morgan fingerprint density at radius 3 is 2.29 bits per heavy atom. The average molecular weight is 477 g/mol. The third-order valence-electron chi connectivity index (χ3n) is 8.01. The van der Waals surface area contributed by atoms with Crippen LogP contribution in [0.3, 0.4) is 0 Å². The van der Waals surface area contributed by atoms with Crippen LogP contribution in [0.1, 0.15) is 56.6 Å². The highest BCUT2D eigenvalue weighted by atomic mass is 16.5. The maximum Gasteiger partial charge on any atom is 0.407 e. The zero-order valence-corrected chi connectivity index (χ0v) is 20.2. The normalized spacial score (nSPS) is 24.6. The molecule has 2 fully saturated rings. The van der Waals surface area contributed by atoms with E-state index in [1.807, 2.05) is 38.1 Å². The molecular weight excluding hydrogens is 444 g/mol. The number of rotatable bonds is 5. The molecule has 0 radical (unpaired) electrons. The monoisotopic (exact) mass is 476 g/mol. The first kappa shape index (κ1) is 23.4. The molecule has 2 aromatic carbocycles. The van der Waals surface area contributed by atoms with Crippen molar-refractivity contribution in [2.24, 2.45) is 11.3 Å². The van der Waals surface area contributed by atoms with Crippen molar-refractivity contribution in [3.63, 3.8) is 0 Å². The van der Waals surface area contributed by atoms with E-state index < -0.39 is 23.5 Å². The number of fused-ring (bicyclic) bond motifs is 3. The summed E-state index contributed by atoms with van der Waals surface area (Å²) in [7, 11) is 0. The molecule has 1 aliphatic heterocycles. The Morgan fingerprint density at radius 1 is 1.03 bits per heavy atom. The van der Waals surface area contributed by atoms with Crippen molar-refractivity contribution in [1.82, 2.24) is 10.2 Å². The number of alkyl carbamates (subject to hydrolysis) is 1. The Morgan fingerprint density at radius 2 is 1.66 bits per heavy atom. The van der Waals surface area contributed by atoms with Crippen LogP contribution in [0.25, 0.3) is 11.1 Å². The molecule has 5 rings (SSSR count). The summed E-state index contributed by atoms with van der Waals surface area (Å²) in [5.41, 5.74) is 4.24. The van der Waals surface area contributed by atoms with E-state index >= 15 is 0 Å². The minimum absolute atomic E-state index is 0.00229. The third-order valence-corrected chi connectivity index (χ3v) is 8.01. The first-order valence-electron chi connectivity index (χ1n) is 12.4. The van der Waals surface area contributed by atoms with Gasteiger partial charge in [-0.15, -0.1) is 0 Å². The maximum absolute atomic E-state index is 13.1. The Kier molecular flexibility index (Phi) is 6.03. The van der Waals surface area contributed by atoms with Gasteiger partial charge in [-0.05, 0) is 53.4 Å². The number of carbonyl (C=O) groups excluding carboxylic acids is 2. The summed E-state index contributed by atoms with van der Waals surface area (Å²) in [5, 5.41) is 12.6. The van der Waals surface area contributed by atoms with Crippen LogP contribution in [0.5, 0.6) is 0 Å². The molecule has 0 bridgehead atoms. The summed E-state index contributed by atoms with van der Waals surface area (Å²) in [6.45, 7) is 4.51. The van der Waals surface area contributed by atoms with Crippen molar-refractivity contribution in [2.75, 3.05) is 13.2 Å². The zero-order valence-electron chi connectivity index (χ0n) is 20.2. The number of nitrogens with zero attached hydrogens (tertiary/aromatic N) is 1.